The van der Waals surface area contributed by atoms with Crippen molar-refractivity contribution in [3.8, 4) is 0 Å². The van der Waals surface area contributed by atoms with Crippen molar-refractivity contribution in [3.63, 3.8) is 0 Å². The lowest BCUT2D eigenvalue weighted by molar-refractivity contribution is -0.0600. The van der Waals surface area contributed by atoms with Crippen LogP contribution in [0.1, 0.15) is 43.6 Å². The SMILES string of the molecule is COC1(CNc2snc(N)c2C2CC2)CCC1. The summed E-state index contributed by atoms with van der Waals surface area (Å²) in [6, 6.07) is 0. The fourth-order valence-electron chi connectivity index (χ4n) is 2.47. The molecule has 2 aliphatic carbocycles. The summed E-state index contributed by atoms with van der Waals surface area (Å²) in [6.45, 7) is 0.880. The van der Waals surface area contributed by atoms with Crippen LogP contribution in [0.25, 0.3) is 0 Å². The molecular weight excluding hydrogens is 234 g/mol. The number of nitrogens with two attached hydrogens (primary N) is 1. The van der Waals surface area contributed by atoms with Crippen molar-refractivity contribution in [1.82, 2.24) is 4.37 Å². The molecule has 0 aromatic carbocycles. The molecule has 1 aromatic rings. The van der Waals surface area contributed by atoms with Crippen LogP contribution in [0.5, 0.6) is 0 Å². The van der Waals surface area contributed by atoms with E-state index in [2.05, 4.69) is 9.69 Å². The largest absolute Gasteiger partial charge is 0.383 e. The zero-order chi connectivity index (χ0) is 11.9. The van der Waals surface area contributed by atoms with Crippen molar-refractivity contribution in [2.45, 2.75) is 43.6 Å². The standard InChI is InChI=1S/C12H19N3OS/c1-16-12(5-2-6-12)7-14-11-9(8-3-4-8)10(13)15-17-11/h8,14H,2-7H2,1H3,(H2,13,15). The second-order valence-corrected chi connectivity index (χ2v) is 5.95. The van der Waals surface area contributed by atoms with Crippen LogP contribution in [0.3, 0.4) is 0 Å². The number of nitrogens with one attached hydrogen (secondary N) is 1. The number of nitrogens with zero attached hydrogens (tertiary/aromatic N) is 1. The van der Waals surface area contributed by atoms with Gasteiger partial charge in [0.25, 0.3) is 0 Å². The number of ether oxygens (including phenoxy) is 1. The molecule has 0 saturated heterocycles. The molecule has 3 rings (SSSR count). The number of rotatable bonds is 5. The van der Waals surface area contributed by atoms with Crippen LogP contribution in [-0.4, -0.2) is 23.6 Å². The lowest BCUT2D eigenvalue weighted by atomic mass is 9.80. The van der Waals surface area contributed by atoms with Crippen LogP contribution in [0.4, 0.5) is 10.8 Å². The molecule has 0 atom stereocenters. The molecule has 2 aliphatic rings. The lowest BCUT2D eigenvalue weighted by Gasteiger charge is -2.40. The average Bonchev–Trinajstić information content (AvgIpc) is 3.03. The summed E-state index contributed by atoms with van der Waals surface area (Å²) in [6.07, 6.45) is 6.10. The van der Waals surface area contributed by atoms with Crippen LogP contribution in [0.15, 0.2) is 0 Å². The summed E-state index contributed by atoms with van der Waals surface area (Å²) < 4.78 is 9.87. The van der Waals surface area contributed by atoms with E-state index in [0.717, 1.165) is 30.2 Å². The maximum absolute atomic E-state index is 5.93. The van der Waals surface area contributed by atoms with Gasteiger partial charge in [0.05, 0.1) is 5.60 Å². The minimum Gasteiger partial charge on any atom is -0.383 e. The Hall–Kier alpha value is -0.810. The third kappa shape index (κ3) is 2.02. The van der Waals surface area contributed by atoms with Gasteiger partial charge in [0.1, 0.15) is 10.8 Å². The molecule has 0 spiro atoms. The number of nitrogen functional groups attached to an aromatic ring is 1. The van der Waals surface area contributed by atoms with Gasteiger partial charge in [-0.05, 0) is 49.6 Å². The Balaban J connectivity index is 1.68. The van der Waals surface area contributed by atoms with Crippen LogP contribution in [-0.2, 0) is 4.74 Å². The highest BCUT2D eigenvalue weighted by atomic mass is 32.1. The van der Waals surface area contributed by atoms with Gasteiger partial charge in [-0.25, -0.2) is 0 Å². The Morgan fingerprint density at radius 2 is 2.29 bits per heavy atom. The Kier molecular flexibility index (Phi) is 2.75. The average molecular weight is 253 g/mol. The predicted octanol–water partition coefficient (Wildman–Crippen LogP) is 2.58. The van der Waals surface area contributed by atoms with E-state index in [0.29, 0.717) is 5.92 Å². The van der Waals surface area contributed by atoms with E-state index in [9.17, 15) is 0 Å². The van der Waals surface area contributed by atoms with Gasteiger partial charge < -0.3 is 15.8 Å². The van der Waals surface area contributed by atoms with Crippen molar-refractivity contribution in [3.05, 3.63) is 5.56 Å². The molecule has 0 bridgehead atoms. The normalized spacial score (nSPS) is 22.2. The first-order chi connectivity index (χ1) is 8.24. The maximum Gasteiger partial charge on any atom is 0.142 e. The summed E-state index contributed by atoms with van der Waals surface area (Å²) in [4.78, 5) is 0. The Morgan fingerprint density at radius 3 is 2.82 bits per heavy atom. The van der Waals surface area contributed by atoms with E-state index in [1.807, 2.05) is 7.11 Å². The molecule has 5 heteroatoms. The molecule has 0 amide bonds. The minimum absolute atomic E-state index is 0.0551. The molecular formula is C12H19N3OS. The molecule has 17 heavy (non-hydrogen) atoms. The van der Waals surface area contributed by atoms with Crippen molar-refractivity contribution in [2.24, 2.45) is 0 Å². The van der Waals surface area contributed by atoms with Gasteiger partial charge in [-0.1, -0.05) is 0 Å². The van der Waals surface area contributed by atoms with Crippen LogP contribution in [0, 0.1) is 0 Å². The van der Waals surface area contributed by atoms with Crippen molar-refractivity contribution < 1.29 is 4.74 Å². The Bertz CT molecular complexity index is 404. The molecule has 2 fully saturated rings. The van der Waals surface area contributed by atoms with E-state index in [-0.39, 0.29) is 5.60 Å². The fraction of sp³-hybridized carbons (Fsp3) is 0.750. The fourth-order valence-corrected chi connectivity index (χ4v) is 3.26. The molecule has 2 saturated carbocycles. The Morgan fingerprint density at radius 1 is 1.53 bits per heavy atom. The first-order valence-corrected chi connectivity index (χ1v) is 7.05. The van der Waals surface area contributed by atoms with Gasteiger partial charge in [0.15, 0.2) is 0 Å². The third-order valence-electron chi connectivity index (χ3n) is 4.01. The molecule has 3 N–H and O–H groups in total. The first kappa shape index (κ1) is 11.3. The van der Waals surface area contributed by atoms with E-state index >= 15 is 0 Å². The van der Waals surface area contributed by atoms with Gasteiger partial charge in [-0.2, -0.15) is 4.37 Å². The monoisotopic (exact) mass is 253 g/mol. The highest BCUT2D eigenvalue weighted by Gasteiger charge is 2.38. The smallest absolute Gasteiger partial charge is 0.142 e. The first-order valence-electron chi connectivity index (χ1n) is 6.28. The summed E-state index contributed by atoms with van der Waals surface area (Å²) in [5.74, 6) is 1.37. The van der Waals surface area contributed by atoms with Gasteiger partial charge in [-0.15, -0.1) is 0 Å². The van der Waals surface area contributed by atoms with Gasteiger partial charge in [0, 0.05) is 19.2 Å². The molecule has 0 radical (unpaired) electrons. The second kappa shape index (κ2) is 4.14. The van der Waals surface area contributed by atoms with E-state index in [1.165, 1.54) is 36.4 Å². The van der Waals surface area contributed by atoms with Gasteiger partial charge in [-0.3, -0.25) is 0 Å². The summed E-state index contributed by atoms with van der Waals surface area (Å²) in [7, 11) is 1.81. The quantitative estimate of drug-likeness (QED) is 0.846. The highest BCUT2D eigenvalue weighted by Crippen LogP contribution is 2.48. The highest BCUT2D eigenvalue weighted by molar-refractivity contribution is 7.10. The zero-order valence-electron chi connectivity index (χ0n) is 10.2. The number of aromatic nitrogens is 1. The molecule has 94 valence electrons. The van der Waals surface area contributed by atoms with Gasteiger partial charge in [0.2, 0.25) is 0 Å². The van der Waals surface area contributed by atoms with Crippen LogP contribution < -0.4 is 11.1 Å². The second-order valence-electron chi connectivity index (χ2n) is 5.18. The topological polar surface area (TPSA) is 60.2 Å². The van der Waals surface area contributed by atoms with Crippen molar-refractivity contribution >= 4 is 22.4 Å². The number of hydrogen-bond donors (Lipinski definition) is 2. The predicted molar refractivity (Wildman–Crippen MR) is 70.6 cm³/mol. The lowest BCUT2D eigenvalue weighted by Crippen LogP contribution is -2.45. The van der Waals surface area contributed by atoms with E-state index in [1.54, 1.807) is 0 Å². The van der Waals surface area contributed by atoms with Gasteiger partial charge >= 0.3 is 0 Å². The van der Waals surface area contributed by atoms with Crippen molar-refractivity contribution in [2.75, 3.05) is 24.7 Å². The van der Waals surface area contributed by atoms with E-state index in [4.69, 9.17) is 10.5 Å². The number of methoxy groups -OCH3 is 1. The zero-order valence-corrected chi connectivity index (χ0v) is 11.0. The third-order valence-corrected chi connectivity index (χ3v) is 4.85. The summed E-state index contributed by atoms with van der Waals surface area (Å²) in [5, 5.41) is 4.66. The molecule has 0 aliphatic heterocycles. The summed E-state index contributed by atoms with van der Waals surface area (Å²) in [5.41, 5.74) is 7.23. The maximum atomic E-state index is 5.93. The van der Waals surface area contributed by atoms with Crippen LogP contribution >= 0.6 is 11.5 Å². The Labute approximate surface area is 106 Å². The summed E-state index contributed by atoms with van der Waals surface area (Å²) >= 11 is 1.49. The van der Waals surface area contributed by atoms with E-state index < -0.39 is 0 Å². The molecule has 1 heterocycles. The molecule has 1 aromatic heterocycles. The minimum atomic E-state index is 0.0551. The number of hydrogen-bond acceptors (Lipinski definition) is 5. The number of anilines is 2. The molecule has 0 unspecified atom stereocenters. The van der Waals surface area contributed by atoms with Crippen LogP contribution in [0.2, 0.25) is 0 Å². The van der Waals surface area contributed by atoms with Crippen molar-refractivity contribution in [1.29, 1.82) is 0 Å². The molecule has 4 nitrogen and oxygen atoms in total.